The van der Waals surface area contributed by atoms with Gasteiger partial charge in [0.2, 0.25) is 10.0 Å². The minimum absolute atomic E-state index is 0.119. The van der Waals surface area contributed by atoms with E-state index in [-0.39, 0.29) is 11.3 Å². The van der Waals surface area contributed by atoms with Crippen molar-refractivity contribution in [2.75, 3.05) is 13.7 Å². The molecule has 0 N–H and O–H groups in total. The number of rotatable bonds is 5. The van der Waals surface area contributed by atoms with Crippen LogP contribution in [-0.4, -0.2) is 37.7 Å². The predicted molar refractivity (Wildman–Crippen MR) is 92.3 cm³/mol. The molecule has 2 fully saturated rings. The van der Waals surface area contributed by atoms with E-state index in [1.54, 1.807) is 7.11 Å². The Morgan fingerprint density at radius 2 is 1.91 bits per heavy atom. The number of ether oxygens (including phenoxy) is 1. The third kappa shape index (κ3) is 3.41. The van der Waals surface area contributed by atoms with Gasteiger partial charge >= 0.3 is 0 Å². The van der Waals surface area contributed by atoms with Crippen molar-refractivity contribution < 1.29 is 13.2 Å². The van der Waals surface area contributed by atoms with E-state index in [0.717, 1.165) is 56.3 Å². The largest absolute Gasteiger partial charge is 0.496 e. The number of hydrogen-bond acceptors (Lipinski definition) is 3. The minimum atomic E-state index is -3.12. The smallest absolute Gasteiger partial charge is 0.217 e. The molecule has 1 aromatic carbocycles. The fraction of sp³-hybridized carbons (Fsp3) is 0.667. The molecule has 1 aliphatic carbocycles. The summed E-state index contributed by atoms with van der Waals surface area (Å²) in [7, 11) is -1.45. The lowest BCUT2D eigenvalue weighted by Gasteiger charge is -2.27. The molecule has 1 saturated carbocycles. The van der Waals surface area contributed by atoms with Crippen molar-refractivity contribution in [2.24, 2.45) is 0 Å². The van der Waals surface area contributed by atoms with Crippen molar-refractivity contribution in [3.05, 3.63) is 29.3 Å². The fourth-order valence-electron chi connectivity index (χ4n) is 4.07. The van der Waals surface area contributed by atoms with Crippen LogP contribution in [0.3, 0.4) is 0 Å². The summed E-state index contributed by atoms with van der Waals surface area (Å²) in [5.74, 6) is 0.885. The first-order valence-electron chi connectivity index (χ1n) is 8.66. The van der Waals surface area contributed by atoms with Gasteiger partial charge in [0, 0.05) is 12.6 Å². The molecular formula is C18H27NO3S. The molecule has 0 bridgehead atoms. The summed E-state index contributed by atoms with van der Waals surface area (Å²) in [5, 5.41) is -0.138. The maximum Gasteiger partial charge on any atom is 0.217 e. The maximum absolute atomic E-state index is 12.9. The molecule has 5 heteroatoms. The second kappa shape index (κ2) is 6.81. The van der Waals surface area contributed by atoms with E-state index >= 15 is 0 Å². The molecule has 1 atom stereocenters. The van der Waals surface area contributed by atoms with Crippen LogP contribution in [0.15, 0.2) is 18.2 Å². The second-order valence-electron chi connectivity index (χ2n) is 6.87. The zero-order chi connectivity index (χ0) is 16.4. The van der Waals surface area contributed by atoms with Gasteiger partial charge in [-0.2, -0.15) is 4.31 Å². The highest BCUT2D eigenvalue weighted by molar-refractivity contribution is 7.89. The number of hydrogen-bond donors (Lipinski definition) is 0. The van der Waals surface area contributed by atoms with Gasteiger partial charge in [0.25, 0.3) is 0 Å². The van der Waals surface area contributed by atoms with Crippen LogP contribution < -0.4 is 4.74 Å². The Bertz CT molecular complexity index is 650. The molecule has 23 heavy (non-hydrogen) atoms. The van der Waals surface area contributed by atoms with Gasteiger partial charge < -0.3 is 4.74 Å². The third-order valence-electron chi connectivity index (χ3n) is 5.30. The van der Waals surface area contributed by atoms with Crippen LogP contribution in [-0.2, 0) is 16.4 Å². The summed E-state index contributed by atoms with van der Waals surface area (Å²) in [5.41, 5.74) is 2.30. The van der Waals surface area contributed by atoms with Gasteiger partial charge in [0.05, 0.1) is 12.4 Å². The number of sulfonamides is 1. The Balaban J connectivity index is 1.75. The quantitative estimate of drug-likeness (QED) is 0.828. The zero-order valence-corrected chi connectivity index (χ0v) is 14.9. The average Bonchev–Trinajstić information content (AvgIpc) is 3.19. The lowest BCUT2D eigenvalue weighted by molar-refractivity contribution is 0.378. The first-order valence-corrected chi connectivity index (χ1v) is 10.2. The SMILES string of the molecule is COc1ccc(CC2CCCN2S(=O)(=O)C2CCCC2)cc1C. The highest BCUT2D eigenvalue weighted by Gasteiger charge is 2.40. The van der Waals surface area contributed by atoms with Gasteiger partial charge in [-0.3, -0.25) is 0 Å². The molecule has 4 nitrogen and oxygen atoms in total. The predicted octanol–water partition coefficient (Wildman–Crippen LogP) is 3.28. The Morgan fingerprint density at radius 1 is 1.17 bits per heavy atom. The standard InChI is InChI=1S/C18H27NO3S/c1-14-12-15(9-10-18(14)22-2)13-16-6-5-11-19(16)23(20,21)17-7-3-4-8-17/h9-10,12,16-17H,3-8,11,13H2,1-2H3. The molecule has 1 aliphatic heterocycles. The van der Waals surface area contributed by atoms with E-state index in [9.17, 15) is 8.42 Å². The van der Waals surface area contributed by atoms with Crippen LogP contribution in [0.1, 0.15) is 49.7 Å². The molecule has 128 valence electrons. The Kier molecular flexibility index (Phi) is 4.97. The Morgan fingerprint density at radius 3 is 2.57 bits per heavy atom. The monoisotopic (exact) mass is 337 g/mol. The first-order chi connectivity index (χ1) is 11.0. The molecule has 1 unspecified atom stereocenters. The van der Waals surface area contributed by atoms with E-state index in [1.165, 1.54) is 5.56 Å². The van der Waals surface area contributed by atoms with Crippen molar-refractivity contribution in [1.82, 2.24) is 4.31 Å². The van der Waals surface area contributed by atoms with Gasteiger partial charge in [-0.05, 0) is 56.2 Å². The lowest BCUT2D eigenvalue weighted by Crippen LogP contribution is -2.41. The van der Waals surface area contributed by atoms with Gasteiger partial charge in [0.1, 0.15) is 5.75 Å². The van der Waals surface area contributed by atoms with Crippen molar-refractivity contribution in [1.29, 1.82) is 0 Å². The molecule has 0 aromatic heterocycles. The second-order valence-corrected chi connectivity index (χ2v) is 9.03. The molecule has 0 spiro atoms. The molecule has 0 amide bonds. The Hall–Kier alpha value is -1.07. The highest BCUT2D eigenvalue weighted by atomic mass is 32.2. The van der Waals surface area contributed by atoms with Crippen molar-refractivity contribution in [2.45, 2.75) is 63.2 Å². The van der Waals surface area contributed by atoms with Crippen LogP contribution in [0, 0.1) is 6.92 Å². The number of benzene rings is 1. The number of aryl methyl sites for hydroxylation is 1. The van der Waals surface area contributed by atoms with Crippen LogP contribution >= 0.6 is 0 Å². The van der Waals surface area contributed by atoms with Crippen LogP contribution in [0.5, 0.6) is 5.75 Å². The summed E-state index contributed by atoms with van der Waals surface area (Å²) in [6.07, 6.45) is 6.54. The van der Waals surface area contributed by atoms with Crippen LogP contribution in [0.4, 0.5) is 0 Å². The van der Waals surface area contributed by atoms with E-state index in [1.807, 2.05) is 17.3 Å². The molecule has 3 rings (SSSR count). The van der Waals surface area contributed by atoms with Crippen LogP contribution in [0.25, 0.3) is 0 Å². The van der Waals surface area contributed by atoms with E-state index in [0.29, 0.717) is 6.54 Å². The van der Waals surface area contributed by atoms with E-state index in [4.69, 9.17) is 4.74 Å². The first kappa shape index (κ1) is 16.8. The van der Waals surface area contributed by atoms with Gasteiger partial charge in [-0.1, -0.05) is 25.0 Å². The van der Waals surface area contributed by atoms with Gasteiger partial charge in [-0.15, -0.1) is 0 Å². The molecule has 1 heterocycles. The average molecular weight is 337 g/mol. The van der Waals surface area contributed by atoms with Crippen LogP contribution in [0.2, 0.25) is 0 Å². The fourth-order valence-corrected chi connectivity index (χ4v) is 6.36. The lowest BCUT2D eigenvalue weighted by atomic mass is 10.0. The van der Waals surface area contributed by atoms with Crippen molar-refractivity contribution in [3.8, 4) is 5.75 Å². The van der Waals surface area contributed by atoms with Gasteiger partial charge in [0.15, 0.2) is 0 Å². The summed E-state index contributed by atoms with van der Waals surface area (Å²) >= 11 is 0. The normalized spacial score (nSPS) is 23.5. The summed E-state index contributed by atoms with van der Waals surface area (Å²) in [6, 6.07) is 6.28. The third-order valence-corrected chi connectivity index (χ3v) is 7.75. The Labute approximate surface area is 139 Å². The van der Waals surface area contributed by atoms with Crippen molar-refractivity contribution in [3.63, 3.8) is 0 Å². The molecule has 2 aliphatic rings. The summed E-state index contributed by atoms with van der Waals surface area (Å²) in [6.45, 7) is 2.72. The number of nitrogens with zero attached hydrogens (tertiary/aromatic N) is 1. The molecule has 0 radical (unpaired) electrons. The van der Waals surface area contributed by atoms with Gasteiger partial charge in [-0.25, -0.2) is 8.42 Å². The molecular weight excluding hydrogens is 310 g/mol. The molecule has 1 aromatic rings. The highest BCUT2D eigenvalue weighted by Crippen LogP contribution is 2.33. The molecule has 1 saturated heterocycles. The van der Waals surface area contributed by atoms with E-state index < -0.39 is 10.0 Å². The summed E-state index contributed by atoms with van der Waals surface area (Å²) in [4.78, 5) is 0. The minimum Gasteiger partial charge on any atom is -0.496 e. The van der Waals surface area contributed by atoms with Crippen molar-refractivity contribution >= 4 is 10.0 Å². The maximum atomic E-state index is 12.9. The topological polar surface area (TPSA) is 46.6 Å². The zero-order valence-electron chi connectivity index (χ0n) is 14.1. The van der Waals surface area contributed by atoms with E-state index in [2.05, 4.69) is 12.1 Å². The number of methoxy groups -OCH3 is 1. The summed E-state index contributed by atoms with van der Waals surface area (Å²) < 4.78 is 32.9.